The first-order valence-electron chi connectivity index (χ1n) is 8.45. The lowest BCUT2D eigenvalue weighted by Gasteiger charge is -2.36. The summed E-state index contributed by atoms with van der Waals surface area (Å²) in [6, 6.07) is 8.87. The van der Waals surface area contributed by atoms with Crippen molar-refractivity contribution in [2.45, 2.75) is 37.6 Å². The van der Waals surface area contributed by atoms with Gasteiger partial charge in [-0.15, -0.1) is 0 Å². The molecule has 1 aromatic rings. The maximum Gasteiger partial charge on any atom is 0.305 e. The number of ether oxygens (including phenoxy) is 1. The maximum absolute atomic E-state index is 12.2. The van der Waals surface area contributed by atoms with Crippen molar-refractivity contribution < 1.29 is 24.2 Å². The summed E-state index contributed by atoms with van der Waals surface area (Å²) >= 11 is 0. The lowest BCUT2D eigenvalue weighted by Crippen LogP contribution is -2.53. The summed E-state index contributed by atoms with van der Waals surface area (Å²) in [5, 5.41) is 14.7. The molecule has 1 heterocycles. The van der Waals surface area contributed by atoms with Crippen LogP contribution in [-0.4, -0.2) is 48.2 Å². The van der Waals surface area contributed by atoms with Gasteiger partial charge in [0.2, 0.25) is 5.91 Å². The lowest BCUT2D eigenvalue weighted by molar-refractivity contribution is -0.140. The number of carbonyl (C=O) groups is 3. The van der Waals surface area contributed by atoms with Crippen molar-refractivity contribution in [1.29, 1.82) is 0 Å². The number of nitrogens with one attached hydrogen (secondary N) is 2. The molecule has 7 heteroatoms. The number of hydrogen-bond donors (Lipinski definition) is 3. The van der Waals surface area contributed by atoms with E-state index in [1.165, 1.54) is 0 Å². The van der Waals surface area contributed by atoms with Gasteiger partial charge in [-0.25, -0.2) is 0 Å². The predicted octanol–water partition coefficient (Wildman–Crippen LogP) is 1.34. The third-order valence-electron chi connectivity index (χ3n) is 4.25. The highest BCUT2D eigenvalue weighted by molar-refractivity contribution is 5.94. The van der Waals surface area contributed by atoms with Crippen LogP contribution in [-0.2, 0) is 14.3 Å². The highest BCUT2D eigenvalue weighted by atomic mass is 16.5. The number of rotatable bonds is 8. The molecule has 0 aromatic heterocycles. The van der Waals surface area contributed by atoms with Crippen molar-refractivity contribution in [1.82, 2.24) is 10.6 Å². The fourth-order valence-corrected chi connectivity index (χ4v) is 2.90. The number of carboxylic acid groups (broad SMARTS) is 1. The van der Waals surface area contributed by atoms with Crippen LogP contribution in [0.4, 0.5) is 0 Å². The number of carboxylic acids is 1. The van der Waals surface area contributed by atoms with E-state index in [0.29, 0.717) is 44.6 Å². The highest BCUT2D eigenvalue weighted by Crippen LogP contribution is 2.24. The zero-order chi connectivity index (χ0) is 18.1. The first kappa shape index (κ1) is 18.9. The SMILES string of the molecule is O=C(O)CC1(NC(=O)CCCNC(=O)c2ccccc2)CCOCC1. The molecule has 0 atom stereocenters. The van der Waals surface area contributed by atoms with Gasteiger partial charge in [-0.3, -0.25) is 14.4 Å². The number of benzene rings is 1. The van der Waals surface area contributed by atoms with Crippen LogP contribution in [0.2, 0.25) is 0 Å². The molecule has 136 valence electrons. The topological polar surface area (TPSA) is 105 Å². The van der Waals surface area contributed by atoms with Gasteiger partial charge in [0.05, 0.1) is 12.0 Å². The molecular weight excluding hydrogens is 324 g/mol. The predicted molar refractivity (Wildman–Crippen MR) is 91.2 cm³/mol. The Morgan fingerprint density at radius 3 is 2.44 bits per heavy atom. The van der Waals surface area contributed by atoms with E-state index in [4.69, 9.17) is 9.84 Å². The van der Waals surface area contributed by atoms with Gasteiger partial charge in [-0.05, 0) is 31.4 Å². The molecule has 1 aromatic carbocycles. The molecule has 25 heavy (non-hydrogen) atoms. The van der Waals surface area contributed by atoms with Crippen LogP contribution in [0.1, 0.15) is 42.5 Å². The van der Waals surface area contributed by atoms with Crippen molar-refractivity contribution in [3.63, 3.8) is 0 Å². The van der Waals surface area contributed by atoms with Gasteiger partial charge < -0.3 is 20.5 Å². The van der Waals surface area contributed by atoms with Gasteiger partial charge in [0, 0.05) is 31.7 Å². The van der Waals surface area contributed by atoms with Gasteiger partial charge >= 0.3 is 5.97 Å². The summed E-state index contributed by atoms with van der Waals surface area (Å²) in [7, 11) is 0. The molecule has 0 aliphatic carbocycles. The van der Waals surface area contributed by atoms with Crippen LogP contribution in [0.3, 0.4) is 0 Å². The van der Waals surface area contributed by atoms with E-state index >= 15 is 0 Å². The maximum atomic E-state index is 12.2. The minimum atomic E-state index is -0.933. The first-order valence-corrected chi connectivity index (χ1v) is 8.45. The van der Waals surface area contributed by atoms with E-state index < -0.39 is 11.5 Å². The van der Waals surface area contributed by atoms with Crippen LogP contribution in [0, 0.1) is 0 Å². The molecule has 0 spiro atoms. The molecular formula is C18H24N2O5. The molecule has 3 N–H and O–H groups in total. The fraction of sp³-hybridized carbons (Fsp3) is 0.500. The average Bonchev–Trinajstić information content (AvgIpc) is 2.59. The number of hydrogen-bond acceptors (Lipinski definition) is 4. The zero-order valence-electron chi connectivity index (χ0n) is 14.1. The smallest absolute Gasteiger partial charge is 0.305 e. The van der Waals surface area contributed by atoms with Gasteiger partial charge in [-0.2, -0.15) is 0 Å². The second kappa shape index (κ2) is 9.17. The van der Waals surface area contributed by atoms with Crippen LogP contribution < -0.4 is 10.6 Å². The Bertz CT molecular complexity index is 597. The van der Waals surface area contributed by atoms with E-state index in [9.17, 15) is 14.4 Å². The molecule has 1 saturated heterocycles. The third-order valence-corrected chi connectivity index (χ3v) is 4.25. The van der Waals surface area contributed by atoms with Crippen LogP contribution in [0.5, 0.6) is 0 Å². The Labute approximate surface area is 146 Å². The largest absolute Gasteiger partial charge is 0.481 e. The fourth-order valence-electron chi connectivity index (χ4n) is 2.90. The van der Waals surface area contributed by atoms with Crippen molar-refractivity contribution in [3.05, 3.63) is 35.9 Å². The Hall–Kier alpha value is -2.41. The van der Waals surface area contributed by atoms with E-state index in [1.54, 1.807) is 24.3 Å². The molecule has 7 nitrogen and oxygen atoms in total. The van der Waals surface area contributed by atoms with Crippen molar-refractivity contribution in [2.24, 2.45) is 0 Å². The second-order valence-electron chi connectivity index (χ2n) is 6.24. The van der Waals surface area contributed by atoms with Crippen LogP contribution >= 0.6 is 0 Å². The number of aliphatic carboxylic acids is 1. The molecule has 2 rings (SSSR count). The van der Waals surface area contributed by atoms with Crippen LogP contribution in [0.25, 0.3) is 0 Å². The lowest BCUT2D eigenvalue weighted by atomic mass is 9.86. The van der Waals surface area contributed by atoms with Crippen LogP contribution in [0.15, 0.2) is 30.3 Å². The summed E-state index contributed by atoms with van der Waals surface area (Å²) in [5.74, 6) is -1.30. The zero-order valence-corrected chi connectivity index (χ0v) is 14.1. The molecule has 2 amide bonds. The average molecular weight is 348 g/mol. The molecule has 1 fully saturated rings. The summed E-state index contributed by atoms with van der Waals surface area (Å²) < 4.78 is 5.26. The monoisotopic (exact) mass is 348 g/mol. The van der Waals surface area contributed by atoms with Crippen molar-refractivity contribution in [2.75, 3.05) is 19.8 Å². The highest BCUT2D eigenvalue weighted by Gasteiger charge is 2.36. The van der Waals surface area contributed by atoms with Gasteiger partial charge in [0.15, 0.2) is 0 Å². The Morgan fingerprint density at radius 1 is 1.12 bits per heavy atom. The Kier molecular flexibility index (Phi) is 6.94. The summed E-state index contributed by atoms with van der Waals surface area (Å²) in [6.07, 6.45) is 1.61. The summed E-state index contributed by atoms with van der Waals surface area (Å²) in [4.78, 5) is 35.1. The van der Waals surface area contributed by atoms with Gasteiger partial charge in [0.1, 0.15) is 0 Å². The quantitative estimate of drug-likeness (QED) is 0.615. The van der Waals surface area contributed by atoms with E-state index in [2.05, 4.69) is 10.6 Å². The normalized spacial score (nSPS) is 16.0. The van der Waals surface area contributed by atoms with Gasteiger partial charge in [-0.1, -0.05) is 18.2 Å². The van der Waals surface area contributed by atoms with E-state index in [1.807, 2.05) is 6.07 Å². The Morgan fingerprint density at radius 2 is 1.80 bits per heavy atom. The van der Waals surface area contributed by atoms with Crippen molar-refractivity contribution >= 4 is 17.8 Å². The first-order chi connectivity index (χ1) is 12.0. The minimum absolute atomic E-state index is 0.104. The van der Waals surface area contributed by atoms with E-state index in [-0.39, 0.29) is 24.7 Å². The molecule has 0 saturated carbocycles. The van der Waals surface area contributed by atoms with Gasteiger partial charge in [0.25, 0.3) is 5.91 Å². The number of amides is 2. The molecule has 1 aliphatic heterocycles. The molecule has 0 unspecified atom stereocenters. The molecule has 1 aliphatic rings. The number of carbonyl (C=O) groups excluding carboxylic acids is 2. The van der Waals surface area contributed by atoms with Crippen molar-refractivity contribution in [3.8, 4) is 0 Å². The Balaban J connectivity index is 1.74. The standard InChI is InChI=1S/C18H24N2O5/c21-15(20-18(13-16(22)23)8-11-25-12-9-18)7-4-10-19-17(24)14-5-2-1-3-6-14/h1-3,5-6H,4,7-13H2,(H,19,24)(H,20,21)(H,22,23). The summed E-state index contributed by atoms with van der Waals surface area (Å²) in [5.41, 5.74) is -0.149. The minimum Gasteiger partial charge on any atom is -0.481 e. The third kappa shape index (κ3) is 6.19. The molecule has 0 radical (unpaired) electrons. The van der Waals surface area contributed by atoms with E-state index in [0.717, 1.165) is 0 Å². The summed E-state index contributed by atoms with van der Waals surface area (Å²) in [6.45, 7) is 1.28. The molecule has 0 bridgehead atoms. The second-order valence-corrected chi connectivity index (χ2v) is 6.24.